The molecule has 286 valence electrons. The Balaban J connectivity index is 0.994. The first-order valence-corrected chi connectivity index (χ1v) is 22.7. The summed E-state index contributed by atoms with van der Waals surface area (Å²) < 4.78 is 62.0. The predicted molar refractivity (Wildman–Crippen MR) is 199 cm³/mol. The summed E-state index contributed by atoms with van der Waals surface area (Å²) in [6.45, 7) is 18.2. The van der Waals surface area contributed by atoms with E-state index in [9.17, 15) is 13.2 Å². The number of rotatable bonds is 13. The number of halogens is 3. The van der Waals surface area contributed by atoms with Crippen molar-refractivity contribution in [2.75, 3.05) is 32.2 Å². The van der Waals surface area contributed by atoms with E-state index in [0.29, 0.717) is 43.5 Å². The van der Waals surface area contributed by atoms with Gasteiger partial charge >= 0.3 is 6.18 Å². The Morgan fingerprint density at radius 3 is 2.65 bits per heavy atom. The minimum atomic E-state index is -4.27. The third-order valence-electron chi connectivity index (χ3n) is 11.5. The zero-order valence-electron chi connectivity index (χ0n) is 31.7. The smallest absolute Gasteiger partial charge is 0.412 e. The molecule has 0 amide bonds. The van der Waals surface area contributed by atoms with Gasteiger partial charge in [-0.1, -0.05) is 25.7 Å². The number of nitrogen functional groups attached to an aromatic ring is 1. The summed E-state index contributed by atoms with van der Waals surface area (Å²) in [7, 11) is -1.25. The van der Waals surface area contributed by atoms with Crippen molar-refractivity contribution in [3.8, 4) is 0 Å². The lowest BCUT2D eigenvalue weighted by molar-refractivity contribution is -0.126. The maximum atomic E-state index is 13.6. The second kappa shape index (κ2) is 14.1. The fourth-order valence-corrected chi connectivity index (χ4v) is 9.39. The molecule has 0 spiro atoms. The highest BCUT2D eigenvalue weighted by Gasteiger charge is 2.48. The average molecular weight is 744 g/mol. The van der Waals surface area contributed by atoms with E-state index < -0.39 is 25.6 Å². The first-order valence-electron chi connectivity index (χ1n) is 18.9. The number of nitrogens with two attached hydrogens (primary N) is 1. The largest absolute Gasteiger partial charge is 0.464 e. The van der Waals surface area contributed by atoms with Crippen LogP contribution in [0.3, 0.4) is 0 Å². The van der Waals surface area contributed by atoms with Crippen LogP contribution in [0.5, 0.6) is 0 Å². The molecule has 5 aliphatic rings. The van der Waals surface area contributed by atoms with E-state index in [0.717, 1.165) is 66.5 Å². The second-order valence-electron chi connectivity index (χ2n) is 17.5. The highest BCUT2D eigenvalue weighted by atomic mass is 28.3. The molecule has 3 unspecified atom stereocenters. The number of hydrogen-bond donors (Lipinski definition) is 2. The second-order valence-corrected chi connectivity index (χ2v) is 23.1. The molecule has 1 saturated carbocycles. The van der Waals surface area contributed by atoms with Crippen LogP contribution >= 0.6 is 0 Å². The number of aromatic nitrogens is 3. The van der Waals surface area contributed by atoms with Gasteiger partial charge in [0.15, 0.2) is 6.10 Å². The minimum Gasteiger partial charge on any atom is -0.464 e. The molecular weight excluding hydrogens is 688 g/mol. The highest BCUT2D eigenvalue weighted by Crippen LogP contribution is 2.45. The number of hydrogen-bond acceptors (Lipinski definition) is 9. The first-order chi connectivity index (χ1) is 24.5. The van der Waals surface area contributed by atoms with E-state index in [1.54, 1.807) is 0 Å². The summed E-state index contributed by atoms with van der Waals surface area (Å²) in [6, 6.07) is 3.14. The Labute approximate surface area is 306 Å². The van der Waals surface area contributed by atoms with Gasteiger partial charge in [-0.25, -0.2) is 9.97 Å². The summed E-state index contributed by atoms with van der Waals surface area (Å²) >= 11 is 0. The fraction of sp³-hybridized carbons (Fsp3) is 0.684. The van der Waals surface area contributed by atoms with Gasteiger partial charge in [-0.05, 0) is 76.0 Å². The Kier molecular flexibility index (Phi) is 10.2. The van der Waals surface area contributed by atoms with Crippen LogP contribution < -0.4 is 11.1 Å². The van der Waals surface area contributed by atoms with Gasteiger partial charge in [-0.2, -0.15) is 13.2 Å². The quantitative estimate of drug-likeness (QED) is 0.128. The van der Waals surface area contributed by atoms with Crippen molar-refractivity contribution >= 4 is 30.6 Å². The molecule has 14 heteroatoms. The lowest BCUT2D eigenvalue weighted by atomic mass is 9.72. The summed E-state index contributed by atoms with van der Waals surface area (Å²) in [5.41, 5.74) is 8.54. The lowest BCUT2D eigenvalue weighted by Gasteiger charge is -2.42. The summed E-state index contributed by atoms with van der Waals surface area (Å²) in [4.78, 5) is 13.5. The number of nitrogens with one attached hydrogen (secondary N) is 1. The molecule has 3 aliphatic carbocycles. The van der Waals surface area contributed by atoms with E-state index in [1.165, 1.54) is 12.4 Å². The zero-order chi connectivity index (χ0) is 37.2. The molecule has 0 radical (unpaired) electrons. The van der Waals surface area contributed by atoms with Crippen molar-refractivity contribution in [1.82, 2.24) is 29.7 Å². The molecule has 0 bridgehead atoms. The molecule has 2 saturated heterocycles. The number of ether oxygens (including phenoxy) is 3. The van der Waals surface area contributed by atoms with Gasteiger partial charge < -0.3 is 24.5 Å². The van der Waals surface area contributed by atoms with Crippen LogP contribution in [-0.2, 0) is 14.2 Å². The van der Waals surface area contributed by atoms with Gasteiger partial charge in [0.2, 0.25) is 5.79 Å². The van der Waals surface area contributed by atoms with Crippen molar-refractivity contribution in [2.24, 2.45) is 11.8 Å². The molecule has 4 heterocycles. The molecule has 4 atom stereocenters. The van der Waals surface area contributed by atoms with Crippen molar-refractivity contribution in [3.05, 3.63) is 47.6 Å². The summed E-state index contributed by atoms with van der Waals surface area (Å²) in [5.74, 6) is 1.61. The Bertz CT molecular complexity index is 1730. The van der Waals surface area contributed by atoms with Crippen LogP contribution in [-0.4, -0.2) is 101 Å². The van der Waals surface area contributed by atoms with Crippen molar-refractivity contribution < 1.29 is 27.4 Å². The summed E-state index contributed by atoms with van der Waals surface area (Å²) in [5, 5.41) is 4.43. The zero-order valence-corrected chi connectivity index (χ0v) is 32.7. The van der Waals surface area contributed by atoms with E-state index in [1.807, 2.05) is 30.7 Å². The van der Waals surface area contributed by atoms with Gasteiger partial charge in [-0.15, -0.1) is 0 Å². The Hall–Kier alpha value is -2.75. The number of fused-ring (bicyclic) bond motifs is 3. The molecule has 0 aromatic carbocycles. The lowest BCUT2D eigenvalue weighted by Crippen LogP contribution is -2.45. The maximum absolute atomic E-state index is 13.6. The van der Waals surface area contributed by atoms with E-state index in [-0.39, 0.29) is 30.8 Å². The molecule has 2 aliphatic heterocycles. The number of alkyl halides is 3. The standard InChI is InChI=1S/C38H56F3N7O3Si/c1-23(2)46(20-26-17-31(34-33(26)50-37(3,4)51-34)47-11-10-28-35(42)43-21-44-36(28)47)19-25-14-24(15-25)16-32-45-29-18-27(38(39,40)41)8-9-30(29)48(32)22-49-12-13-52(5,6)7/h8,10-11,17,21,23-25,29-30,32,34,45H,9,12-16,18-20,22H2,1-7H3,(H2,42,43,44)/t24?,25?,29?,30?,32?,34-/m0/s1. The normalized spacial score (nSPS) is 29.1. The molecule has 3 fully saturated rings. The molecule has 2 aromatic rings. The van der Waals surface area contributed by atoms with Gasteiger partial charge in [0, 0.05) is 77.1 Å². The molecule has 3 N–H and O–H groups in total. The first kappa shape index (κ1) is 37.6. The van der Waals surface area contributed by atoms with E-state index in [2.05, 4.69) is 64.6 Å². The van der Waals surface area contributed by atoms with Gasteiger partial charge in [0.1, 0.15) is 30.3 Å². The van der Waals surface area contributed by atoms with Crippen LogP contribution in [0.1, 0.15) is 59.8 Å². The van der Waals surface area contributed by atoms with E-state index in [4.69, 9.17) is 19.9 Å². The maximum Gasteiger partial charge on any atom is 0.412 e. The third kappa shape index (κ3) is 7.88. The number of nitrogens with zero attached hydrogens (tertiary/aromatic N) is 5. The monoisotopic (exact) mass is 743 g/mol. The Morgan fingerprint density at radius 2 is 1.94 bits per heavy atom. The topological polar surface area (TPSA) is 103 Å². The highest BCUT2D eigenvalue weighted by molar-refractivity contribution is 6.76. The van der Waals surface area contributed by atoms with Crippen LogP contribution in [0.15, 0.2) is 47.6 Å². The van der Waals surface area contributed by atoms with Crippen molar-refractivity contribution in [2.45, 2.75) is 128 Å². The fourth-order valence-electron chi connectivity index (χ4n) is 8.63. The minimum absolute atomic E-state index is 0.0224. The molecule has 7 rings (SSSR count). The van der Waals surface area contributed by atoms with Crippen LogP contribution in [0.25, 0.3) is 16.7 Å². The summed E-state index contributed by atoms with van der Waals surface area (Å²) in [6.07, 6.45) is 6.01. The average Bonchev–Trinajstić information content (AvgIpc) is 3.77. The van der Waals surface area contributed by atoms with Gasteiger partial charge in [0.05, 0.1) is 17.2 Å². The third-order valence-corrected chi connectivity index (χ3v) is 13.2. The van der Waals surface area contributed by atoms with Gasteiger partial charge in [-0.3, -0.25) is 15.1 Å². The molecule has 52 heavy (non-hydrogen) atoms. The number of anilines is 1. The van der Waals surface area contributed by atoms with Crippen LogP contribution in [0, 0.1) is 11.8 Å². The SMILES string of the molecule is CC(C)N(CC1=C2OC(C)(C)O[C@H]2C(n2ccc3c(N)ncnc32)=C1)CC1CC(CC2NC3CC(C(F)(F)F)=CCC3N2COCC[Si](C)(C)C)C1. The van der Waals surface area contributed by atoms with Crippen molar-refractivity contribution in [3.63, 3.8) is 0 Å². The Morgan fingerprint density at radius 1 is 1.17 bits per heavy atom. The van der Waals surface area contributed by atoms with Crippen molar-refractivity contribution in [1.29, 1.82) is 0 Å². The van der Waals surface area contributed by atoms with E-state index >= 15 is 0 Å². The molecule has 2 aromatic heterocycles. The predicted octanol–water partition coefficient (Wildman–Crippen LogP) is 6.96. The molecular formula is C38H56F3N7O3Si. The van der Waals surface area contributed by atoms with Crippen LogP contribution in [0.2, 0.25) is 25.7 Å². The van der Waals surface area contributed by atoms with Crippen LogP contribution in [0.4, 0.5) is 19.0 Å². The van der Waals surface area contributed by atoms with Gasteiger partial charge in [0.25, 0.3) is 0 Å². The molecule has 10 nitrogen and oxygen atoms in total.